The van der Waals surface area contributed by atoms with Crippen LogP contribution >= 0.6 is 15.9 Å². The van der Waals surface area contributed by atoms with Crippen molar-refractivity contribution in [3.05, 3.63) is 57.8 Å². The molecule has 0 radical (unpaired) electrons. The Hall–Kier alpha value is -2.68. The minimum absolute atomic E-state index is 0.109. The lowest BCUT2D eigenvalue weighted by molar-refractivity contribution is 0.279. The Labute approximate surface area is 158 Å². The van der Waals surface area contributed by atoms with Crippen molar-refractivity contribution in [2.45, 2.75) is 13.2 Å². The molecule has 136 valence electrons. The fourth-order valence-corrected chi connectivity index (χ4v) is 2.77. The zero-order valence-corrected chi connectivity index (χ0v) is 15.8. The number of nitrogens with zero attached hydrogens (tertiary/aromatic N) is 4. The fourth-order valence-electron chi connectivity index (χ4n) is 2.31. The summed E-state index contributed by atoms with van der Waals surface area (Å²) < 4.78 is 27.3. The van der Waals surface area contributed by atoms with Crippen LogP contribution in [0.2, 0.25) is 0 Å². The van der Waals surface area contributed by atoms with Gasteiger partial charge in [-0.25, -0.2) is 9.07 Å². The zero-order chi connectivity index (χ0) is 18.5. The molecule has 1 heterocycles. The molecule has 0 saturated carbocycles. The first-order chi connectivity index (χ1) is 12.6. The molecule has 0 aliphatic heterocycles. The predicted molar refractivity (Wildman–Crippen MR) is 97.6 cm³/mol. The smallest absolute Gasteiger partial charge is 0.242 e. The van der Waals surface area contributed by atoms with E-state index in [9.17, 15) is 4.39 Å². The van der Waals surface area contributed by atoms with Crippen LogP contribution in [0.3, 0.4) is 0 Å². The number of hydrogen-bond donors (Lipinski definition) is 1. The van der Waals surface area contributed by atoms with Crippen LogP contribution in [-0.4, -0.2) is 27.3 Å². The van der Waals surface area contributed by atoms with E-state index in [-0.39, 0.29) is 12.4 Å². The molecular weight excluding hydrogens is 405 g/mol. The minimum Gasteiger partial charge on any atom is -0.493 e. The van der Waals surface area contributed by atoms with Gasteiger partial charge >= 0.3 is 0 Å². The number of aromatic nitrogens is 4. The molecule has 0 bridgehead atoms. The van der Waals surface area contributed by atoms with Gasteiger partial charge in [0.25, 0.3) is 0 Å². The maximum absolute atomic E-state index is 13.7. The highest BCUT2D eigenvalue weighted by atomic mass is 79.9. The van der Waals surface area contributed by atoms with Gasteiger partial charge in [0.05, 0.1) is 7.11 Å². The number of benzene rings is 2. The zero-order valence-electron chi connectivity index (χ0n) is 14.2. The van der Waals surface area contributed by atoms with Gasteiger partial charge < -0.3 is 14.8 Å². The third kappa shape index (κ3) is 4.10. The second-order valence-corrected chi connectivity index (χ2v) is 6.31. The molecule has 0 unspecified atom stereocenters. The largest absolute Gasteiger partial charge is 0.493 e. The average Bonchev–Trinajstić information content (AvgIpc) is 3.05. The Kier molecular flexibility index (Phi) is 5.67. The summed E-state index contributed by atoms with van der Waals surface area (Å²) in [6.07, 6.45) is 0. The normalized spacial score (nSPS) is 10.6. The van der Waals surface area contributed by atoms with Crippen molar-refractivity contribution in [2.75, 3.05) is 12.4 Å². The Morgan fingerprint density at radius 1 is 1.19 bits per heavy atom. The van der Waals surface area contributed by atoms with Crippen LogP contribution < -0.4 is 14.8 Å². The molecule has 0 aliphatic carbocycles. The Balaban J connectivity index is 1.74. The molecule has 26 heavy (non-hydrogen) atoms. The second-order valence-electron chi connectivity index (χ2n) is 5.45. The van der Waals surface area contributed by atoms with Gasteiger partial charge in [-0.05, 0) is 34.2 Å². The Morgan fingerprint density at radius 3 is 2.69 bits per heavy atom. The van der Waals surface area contributed by atoms with Gasteiger partial charge in [-0.1, -0.05) is 39.2 Å². The molecule has 9 heteroatoms. The van der Waals surface area contributed by atoms with E-state index in [0.717, 1.165) is 10.0 Å². The summed E-state index contributed by atoms with van der Waals surface area (Å²) in [6, 6.07) is 10.1. The van der Waals surface area contributed by atoms with Crippen LogP contribution in [0.1, 0.15) is 11.1 Å². The van der Waals surface area contributed by atoms with Gasteiger partial charge in [0, 0.05) is 23.6 Å². The first kappa shape index (κ1) is 18.1. The maximum atomic E-state index is 13.7. The summed E-state index contributed by atoms with van der Waals surface area (Å²) in [7, 11) is 3.31. The van der Waals surface area contributed by atoms with E-state index in [4.69, 9.17) is 9.47 Å². The van der Waals surface area contributed by atoms with E-state index in [1.54, 1.807) is 38.4 Å². The molecule has 3 aromatic rings. The number of aryl methyl sites for hydroxylation is 1. The molecule has 3 rings (SSSR count). The monoisotopic (exact) mass is 421 g/mol. The van der Waals surface area contributed by atoms with Crippen LogP contribution in [0.15, 0.2) is 40.9 Å². The number of nitrogens with one attached hydrogen (secondary N) is 1. The van der Waals surface area contributed by atoms with Crippen LogP contribution in [0.5, 0.6) is 11.5 Å². The summed E-state index contributed by atoms with van der Waals surface area (Å²) >= 11 is 3.53. The number of halogens is 2. The lowest BCUT2D eigenvalue weighted by Crippen LogP contribution is -2.07. The van der Waals surface area contributed by atoms with Crippen molar-refractivity contribution < 1.29 is 13.9 Å². The molecule has 0 spiro atoms. The third-order valence-corrected chi connectivity index (χ3v) is 4.47. The van der Waals surface area contributed by atoms with Crippen molar-refractivity contribution in [1.82, 2.24) is 20.2 Å². The lowest BCUT2D eigenvalue weighted by Gasteiger charge is -2.14. The van der Waals surface area contributed by atoms with E-state index < -0.39 is 0 Å². The highest BCUT2D eigenvalue weighted by Gasteiger charge is 2.12. The fraction of sp³-hybridized carbons (Fsp3) is 0.235. The topological polar surface area (TPSA) is 74.1 Å². The molecule has 0 atom stereocenters. The van der Waals surface area contributed by atoms with Crippen molar-refractivity contribution in [1.29, 1.82) is 0 Å². The highest BCUT2D eigenvalue weighted by Crippen LogP contribution is 2.34. The molecule has 0 aliphatic rings. The molecule has 1 N–H and O–H groups in total. The number of methoxy groups -OCH3 is 1. The molecular formula is C17H17BrFN5O2. The molecule has 1 aromatic heterocycles. The molecule has 7 nitrogen and oxygen atoms in total. The highest BCUT2D eigenvalue weighted by molar-refractivity contribution is 9.10. The third-order valence-electron chi connectivity index (χ3n) is 3.73. The van der Waals surface area contributed by atoms with Crippen LogP contribution in [-0.2, 0) is 20.2 Å². The predicted octanol–water partition coefficient (Wildman–Crippen LogP) is 3.31. The van der Waals surface area contributed by atoms with Crippen molar-refractivity contribution >= 4 is 21.9 Å². The second kappa shape index (κ2) is 8.13. The average molecular weight is 422 g/mol. The number of ether oxygens (including phenoxy) is 2. The molecule has 0 saturated heterocycles. The quantitative estimate of drug-likeness (QED) is 0.630. The standard InChI is InChI=1S/C17H17BrFN5O2/c1-24-17(21-22-23-24)20-9-12-7-15(25-2)16(8-13(12)18)26-10-11-5-3-4-6-14(11)19/h3-8H,9-10H2,1-2H3,(H,20,21,23). The summed E-state index contributed by atoms with van der Waals surface area (Å²) in [5.41, 5.74) is 1.41. The van der Waals surface area contributed by atoms with Gasteiger partial charge in [-0.15, -0.1) is 0 Å². The van der Waals surface area contributed by atoms with Gasteiger partial charge in [-0.3, -0.25) is 0 Å². The van der Waals surface area contributed by atoms with Gasteiger partial charge in [-0.2, -0.15) is 0 Å². The SMILES string of the molecule is COc1cc(CNc2nnnn2C)c(Br)cc1OCc1ccccc1F. The van der Waals surface area contributed by atoms with Gasteiger partial charge in [0.2, 0.25) is 5.95 Å². The maximum Gasteiger partial charge on any atom is 0.242 e. The first-order valence-electron chi connectivity index (χ1n) is 7.77. The Bertz CT molecular complexity index is 903. The number of rotatable bonds is 7. The van der Waals surface area contributed by atoms with E-state index >= 15 is 0 Å². The van der Waals surface area contributed by atoms with E-state index in [1.165, 1.54) is 10.7 Å². The Morgan fingerprint density at radius 2 is 2.00 bits per heavy atom. The summed E-state index contributed by atoms with van der Waals surface area (Å²) in [5.74, 6) is 1.32. The van der Waals surface area contributed by atoms with Gasteiger partial charge in [0.15, 0.2) is 11.5 Å². The van der Waals surface area contributed by atoms with E-state index in [0.29, 0.717) is 29.6 Å². The summed E-state index contributed by atoms with van der Waals surface area (Å²) in [6.45, 7) is 0.594. The van der Waals surface area contributed by atoms with E-state index in [1.807, 2.05) is 6.07 Å². The number of anilines is 1. The van der Waals surface area contributed by atoms with Crippen molar-refractivity contribution in [2.24, 2.45) is 7.05 Å². The summed E-state index contributed by atoms with van der Waals surface area (Å²) in [4.78, 5) is 0. The summed E-state index contributed by atoms with van der Waals surface area (Å²) in [5, 5.41) is 14.4. The number of hydrogen-bond acceptors (Lipinski definition) is 6. The van der Waals surface area contributed by atoms with Crippen LogP contribution in [0, 0.1) is 5.82 Å². The molecule has 0 fully saturated rings. The first-order valence-corrected chi connectivity index (χ1v) is 8.56. The molecule has 0 amide bonds. The van der Waals surface area contributed by atoms with Crippen molar-refractivity contribution in [3.8, 4) is 11.5 Å². The van der Waals surface area contributed by atoms with E-state index in [2.05, 4.69) is 36.8 Å². The van der Waals surface area contributed by atoms with Crippen LogP contribution in [0.25, 0.3) is 0 Å². The molecule has 2 aromatic carbocycles. The minimum atomic E-state index is -0.302. The van der Waals surface area contributed by atoms with Crippen molar-refractivity contribution in [3.63, 3.8) is 0 Å². The lowest BCUT2D eigenvalue weighted by atomic mass is 10.2. The van der Waals surface area contributed by atoms with Crippen LogP contribution in [0.4, 0.5) is 10.3 Å². The van der Waals surface area contributed by atoms with Gasteiger partial charge in [0.1, 0.15) is 12.4 Å². The number of tetrazole rings is 1.